The van der Waals surface area contributed by atoms with Crippen LogP contribution in [0.2, 0.25) is 5.02 Å². The first kappa shape index (κ1) is 22.4. The van der Waals surface area contributed by atoms with Crippen LogP contribution in [0.15, 0.2) is 96.4 Å². The Hall–Kier alpha value is -4.06. The number of benzene rings is 4. The smallest absolute Gasteiger partial charge is 0.258 e. The zero-order valence-electron chi connectivity index (χ0n) is 19.3. The van der Waals surface area contributed by atoms with Gasteiger partial charge in [-0.3, -0.25) is 10.1 Å². The Kier molecular flexibility index (Phi) is 5.72. The minimum absolute atomic E-state index is 0.208. The lowest BCUT2D eigenvalue weighted by Crippen LogP contribution is -2.15. The Labute approximate surface area is 217 Å². The highest BCUT2D eigenvalue weighted by Crippen LogP contribution is 2.33. The average Bonchev–Trinajstić information content (AvgIpc) is 3.36. The molecular formula is C30H20ClN3OS. The van der Waals surface area contributed by atoms with Crippen molar-refractivity contribution in [3.63, 3.8) is 0 Å². The first-order chi connectivity index (χ1) is 17.6. The third-order valence-electron chi connectivity index (χ3n) is 6.27. The molecule has 0 aliphatic rings. The second-order valence-corrected chi connectivity index (χ2v) is 9.80. The second kappa shape index (κ2) is 9.19. The van der Waals surface area contributed by atoms with Gasteiger partial charge in [0.05, 0.1) is 22.5 Å². The molecular weight excluding hydrogens is 486 g/mol. The molecule has 0 bridgehead atoms. The Balaban J connectivity index is 1.39. The molecule has 4 aromatic carbocycles. The van der Waals surface area contributed by atoms with Crippen molar-refractivity contribution in [1.29, 1.82) is 0 Å². The molecule has 6 rings (SSSR count). The Morgan fingerprint density at radius 2 is 1.56 bits per heavy atom. The summed E-state index contributed by atoms with van der Waals surface area (Å²) in [4.78, 5) is 23.3. The third-order valence-corrected chi connectivity index (χ3v) is 7.28. The largest absolute Gasteiger partial charge is 0.298 e. The summed E-state index contributed by atoms with van der Waals surface area (Å²) < 4.78 is 0. The van der Waals surface area contributed by atoms with E-state index < -0.39 is 0 Å². The van der Waals surface area contributed by atoms with Crippen LogP contribution in [0.25, 0.3) is 44.2 Å². The van der Waals surface area contributed by atoms with Crippen LogP contribution in [0.3, 0.4) is 0 Å². The fourth-order valence-electron chi connectivity index (χ4n) is 4.55. The summed E-state index contributed by atoms with van der Waals surface area (Å²) in [6.07, 6.45) is 0. The van der Waals surface area contributed by atoms with Gasteiger partial charge in [0.2, 0.25) is 0 Å². The number of halogens is 1. The van der Waals surface area contributed by atoms with Crippen LogP contribution in [0, 0.1) is 6.92 Å². The quantitative estimate of drug-likeness (QED) is 0.261. The van der Waals surface area contributed by atoms with Crippen molar-refractivity contribution in [3.05, 3.63) is 113 Å². The van der Waals surface area contributed by atoms with E-state index in [4.69, 9.17) is 21.6 Å². The minimum Gasteiger partial charge on any atom is -0.298 e. The van der Waals surface area contributed by atoms with Gasteiger partial charge in [-0.15, -0.1) is 11.3 Å². The fourth-order valence-corrected chi connectivity index (χ4v) is 5.38. The van der Waals surface area contributed by atoms with Gasteiger partial charge < -0.3 is 0 Å². The number of aromatic nitrogens is 2. The summed E-state index contributed by atoms with van der Waals surface area (Å²) in [5, 5.41) is 9.31. The summed E-state index contributed by atoms with van der Waals surface area (Å²) in [5.41, 5.74) is 5.70. The number of hydrogen-bond donors (Lipinski definition) is 1. The number of rotatable bonds is 4. The van der Waals surface area contributed by atoms with Gasteiger partial charge in [0.1, 0.15) is 0 Å². The zero-order valence-corrected chi connectivity index (χ0v) is 20.9. The fraction of sp³-hybridized carbons (Fsp3) is 0.0333. The SMILES string of the molecule is Cc1c(-c2ccc(Cl)cc2)nc2ccccc2c1C(=O)Nc1nc(-c2cccc3ccccc23)cs1. The lowest BCUT2D eigenvalue weighted by Gasteiger charge is -2.14. The molecule has 2 aromatic heterocycles. The third kappa shape index (κ3) is 4.02. The molecule has 6 aromatic rings. The molecule has 0 fully saturated rings. The van der Waals surface area contributed by atoms with Crippen LogP contribution < -0.4 is 5.32 Å². The van der Waals surface area contributed by atoms with Crippen molar-refractivity contribution in [2.45, 2.75) is 6.92 Å². The first-order valence-electron chi connectivity index (χ1n) is 11.5. The summed E-state index contributed by atoms with van der Waals surface area (Å²) in [5.74, 6) is -0.208. The van der Waals surface area contributed by atoms with E-state index in [1.807, 2.05) is 79.0 Å². The maximum atomic E-state index is 13.7. The van der Waals surface area contributed by atoms with E-state index in [-0.39, 0.29) is 5.91 Å². The first-order valence-corrected chi connectivity index (χ1v) is 12.7. The molecule has 36 heavy (non-hydrogen) atoms. The van der Waals surface area contributed by atoms with Crippen LogP contribution in [-0.2, 0) is 0 Å². The summed E-state index contributed by atoms with van der Waals surface area (Å²) >= 11 is 7.51. The number of para-hydroxylation sites is 1. The average molecular weight is 506 g/mol. The number of fused-ring (bicyclic) bond motifs is 2. The van der Waals surface area contributed by atoms with Gasteiger partial charge in [-0.1, -0.05) is 84.4 Å². The Morgan fingerprint density at radius 1 is 0.833 bits per heavy atom. The van der Waals surface area contributed by atoms with E-state index in [0.717, 1.165) is 49.8 Å². The van der Waals surface area contributed by atoms with E-state index in [9.17, 15) is 4.79 Å². The van der Waals surface area contributed by atoms with Crippen LogP contribution in [-0.4, -0.2) is 15.9 Å². The predicted octanol–water partition coefficient (Wildman–Crippen LogP) is 8.39. The summed E-state index contributed by atoms with van der Waals surface area (Å²) in [7, 11) is 0. The molecule has 1 amide bonds. The maximum Gasteiger partial charge on any atom is 0.258 e. The van der Waals surface area contributed by atoms with Gasteiger partial charge in [-0.2, -0.15) is 0 Å². The molecule has 0 unspecified atom stereocenters. The van der Waals surface area contributed by atoms with Gasteiger partial charge in [-0.25, -0.2) is 9.97 Å². The van der Waals surface area contributed by atoms with Crippen molar-refractivity contribution >= 4 is 55.7 Å². The van der Waals surface area contributed by atoms with Gasteiger partial charge in [0, 0.05) is 26.9 Å². The van der Waals surface area contributed by atoms with E-state index in [2.05, 4.69) is 29.6 Å². The number of pyridine rings is 1. The number of nitrogens with one attached hydrogen (secondary N) is 1. The molecule has 0 atom stereocenters. The van der Waals surface area contributed by atoms with Gasteiger partial charge in [0.25, 0.3) is 5.91 Å². The zero-order chi connectivity index (χ0) is 24.6. The van der Waals surface area contributed by atoms with Crippen molar-refractivity contribution in [2.24, 2.45) is 0 Å². The molecule has 1 N–H and O–H groups in total. The maximum absolute atomic E-state index is 13.7. The molecule has 0 aliphatic carbocycles. The monoisotopic (exact) mass is 505 g/mol. The molecule has 6 heteroatoms. The summed E-state index contributed by atoms with van der Waals surface area (Å²) in [6.45, 7) is 1.93. The van der Waals surface area contributed by atoms with Crippen LogP contribution in [0.4, 0.5) is 5.13 Å². The van der Waals surface area contributed by atoms with Gasteiger partial charge >= 0.3 is 0 Å². The van der Waals surface area contributed by atoms with E-state index in [1.165, 1.54) is 11.3 Å². The number of amides is 1. The number of nitrogens with zero attached hydrogens (tertiary/aromatic N) is 2. The van der Waals surface area contributed by atoms with E-state index in [1.54, 1.807) is 0 Å². The van der Waals surface area contributed by atoms with E-state index >= 15 is 0 Å². The molecule has 0 radical (unpaired) electrons. The normalized spacial score (nSPS) is 11.2. The lowest BCUT2D eigenvalue weighted by atomic mass is 9.97. The molecule has 4 nitrogen and oxygen atoms in total. The predicted molar refractivity (Wildman–Crippen MR) is 150 cm³/mol. The van der Waals surface area contributed by atoms with Crippen LogP contribution in [0.5, 0.6) is 0 Å². The van der Waals surface area contributed by atoms with Crippen molar-refractivity contribution < 1.29 is 4.79 Å². The molecule has 0 aliphatic heterocycles. The Morgan fingerprint density at radius 3 is 2.39 bits per heavy atom. The van der Waals surface area contributed by atoms with Crippen molar-refractivity contribution in [3.8, 4) is 22.5 Å². The lowest BCUT2D eigenvalue weighted by molar-refractivity contribution is 0.102. The summed E-state index contributed by atoms with van der Waals surface area (Å²) in [6, 6.07) is 29.6. The highest BCUT2D eigenvalue weighted by Gasteiger charge is 2.20. The van der Waals surface area contributed by atoms with Gasteiger partial charge in [0.15, 0.2) is 5.13 Å². The van der Waals surface area contributed by atoms with Crippen LogP contribution in [0.1, 0.15) is 15.9 Å². The molecule has 174 valence electrons. The number of anilines is 1. The standard InChI is InChI=1S/C30H20ClN3OS/c1-18-27(24-10-4-5-12-25(24)32-28(18)20-13-15-21(31)16-14-20)29(35)34-30-33-26(17-36-30)23-11-6-8-19-7-2-3-9-22(19)23/h2-17H,1H3,(H,33,34,35). The second-order valence-electron chi connectivity index (χ2n) is 8.50. The molecule has 0 spiro atoms. The molecule has 0 saturated carbocycles. The minimum atomic E-state index is -0.208. The van der Waals surface area contributed by atoms with Crippen molar-refractivity contribution in [2.75, 3.05) is 5.32 Å². The highest BCUT2D eigenvalue weighted by molar-refractivity contribution is 7.14. The number of thiazole rings is 1. The number of carbonyl (C=O) groups is 1. The molecule has 0 saturated heterocycles. The number of carbonyl (C=O) groups excluding carboxylic acids is 1. The van der Waals surface area contributed by atoms with Crippen LogP contribution >= 0.6 is 22.9 Å². The number of hydrogen-bond acceptors (Lipinski definition) is 4. The van der Waals surface area contributed by atoms with E-state index in [0.29, 0.717) is 15.7 Å². The Bertz CT molecular complexity index is 1750. The topological polar surface area (TPSA) is 54.9 Å². The van der Waals surface area contributed by atoms with Gasteiger partial charge in [-0.05, 0) is 41.5 Å². The molecule has 2 heterocycles. The van der Waals surface area contributed by atoms with Crippen molar-refractivity contribution in [1.82, 2.24) is 9.97 Å². The highest BCUT2D eigenvalue weighted by atomic mass is 35.5.